The molecule has 0 saturated carbocycles. The third kappa shape index (κ3) is 4.18. The third-order valence-electron chi connectivity index (χ3n) is 3.67. The molecule has 4 heteroatoms. The first kappa shape index (κ1) is 15.3. The van der Waals surface area contributed by atoms with Gasteiger partial charge in [-0.25, -0.2) is 9.97 Å². The summed E-state index contributed by atoms with van der Waals surface area (Å²) in [6, 6.07) is 10.6. The lowest BCUT2D eigenvalue weighted by molar-refractivity contribution is 0.704. The molecule has 1 aromatic heterocycles. The summed E-state index contributed by atoms with van der Waals surface area (Å²) in [6.07, 6.45) is 2.68. The van der Waals surface area contributed by atoms with E-state index >= 15 is 0 Å². The lowest BCUT2D eigenvalue weighted by atomic mass is 9.98. The van der Waals surface area contributed by atoms with Gasteiger partial charge in [0.2, 0.25) is 0 Å². The molecule has 21 heavy (non-hydrogen) atoms. The zero-order valence-electron chi connectivity index (χ0n) is 13.1. The van der Waals surface area contributed by atoms with E-state index in [0.717, 1.165) is 36.7 Å². The Balaban J connectivity index is 1.90. The van der Waals surface area contributed by atoms with Crippen molar-refractivity contribution in [1.29, 1.82) is 0 Å². The topological polar surface area (TPSA) is 49.8 Å². The average molecular weight is 284 g/mol. The Morgan fingerprint density at radius 1 is 1.05 bits per heavy atom. The molecule has 1 atom stereocenters. The molecule has 112 valence electrons. The van der Waals surface area contributed by atoms with Gasteiger partial charge in [0.05, 0.1) is 0 Å². The molecule has 1 unspecified atom stereocenters. The molecule has 0 spiro atoms. The Labute approximate surface area is 127 Å². The van der Waals surface area contributed by atoms with Crippen LogP contribution < -0.4 is 10.6 Å². The highest BCUT2D eigenvalue weighted by atomic mass is 15.1. The fraction of sp³-hybridized carbons (Fsp3) is 0.412. The molecule has 4 nitrogen and oxygen atoms in total. The van der Waals surface area contributed by atoms with Crippen LogP contribution in [0.15, 0.2) is 36.7 Å². The van der Waals surface area contributed by atoms with Gasteiger partial charge < -0.3 is 10.6 Å². The molecule has 2 rings (SSSR count). The first-order valence-electron chi connectivity index (χ1n) is 7.56. The van der Waals surface area contributed by atoms with E-state index in [-0.39, 0.29) is 0 Å². The fourth-order valence-electron chi connectivity index (χ4n) is 2.33. The summed E-state index contributed by atoms with van der Waals surface area (Å²) in [5, 5.41) is 6.67. The molecule has 0 fully saturated rings. The summed E-state index contributed by atoms with van der Waals surface area (Å²) in [5.41, 5.74) is 2.46. The van der Waals surface area contributed by atoms with Gasteiger partial charge in [-0.3, -0.25) is 0 Å². The molecule has 1 aromatic carbocycles. The number of anilines is 2. The van der Waals surface area contributed by atoms with Gasteiger partial charge in [-0.1, -0.05) is 37.3 Å². The van der Waals surface area contributed by atoms with Crippen molar-refractivity contribution in [2.45, 2.75) is 33.1 Å². The molecule has 0 saturated heterocycles. The van der Waals surface area contributed by atoms with Crippen molar-refractivity contribution in [2.75, 3.05) is 23.7 Å². The molecule has 0 aliphatic heterocycles. The van der Waals surface area contributed by atoms with Crippen LogP contribution >= 0.6 is 0 Å². The molecule has 0 bridgehead atoms. The Hall–Kier alpha value is -2.10. The number of benzene rings is 1. The van der Waals surface area contributed by atoms with Crippen LogP contribution in [0.25, 0.3) is 0 Å². The van der Waals surface area contributed by atoms with Crippen molar-refractivity contribution in [3.8, 4) is 0 Å². The predicted octanol–water partition coefficient (Wildman–Crippen LogP) is 3.82. The summed E-state index contributed by atoms with van der Waals surface area (Å²) in [4.78, 5) is 8.59. The van der Waals surface area contributed by atoms with Crippen LogP contribution in [0.1, 0.15) is 37.3 Å². The van der Waals surface area contributed by atoms with Crippen molar-refractivity contribution in [2.24, 2.45) is 0 Å². The van der Waals surface area contributed by atoms with Crippen LogP contribution in [0.5, 0.6) is 0 Å². The molecule has 0 aliphatic rings. The summed E-state index contributed by atoms with van der Waals surface area (Å²) in [5.74, 6) is 2.36. The maximum Gasteiger partial charge on any atom is 0.134 e. The van der Waals surface area contributed by atoms with Gasteiger partial charge >= 0.3 is 0 Å². The highest BCUT2D eigenvalue weighted by Crippen LogP contribution is 2.21. The molecular formula is C17H24N4. The number of hydrogen-bond acceptors (Lipinski definition) is 4. The van der Waals surface area contributed by atoms with E-state index in [1.165, 1.54) is 5.56 Å². The molecule has 0 aliphatic carbocycles. The summed E-state index contributed by atoms with van der Waals surface area (Å²) in [7, 11) is 0. The number of nitrogens with one attached hydrogen (secondary N) is 2. The third-order valence-corrected chi connectivity index (χ3v) is 3.67. The van der Waals surface area contributed by atoms with Crippen LogP contribution in [0.3, 0.4) is 0 Å². The van der Waals surface area contributed by atoms with E-state index in [2.05, 4.69) is 64.8 Å². The highest BCUT2D eigenvalue weighted by molar-refractivity contribution is 5.56. The number of hydrogen-bond donors (Lipinski definition) is 2. The lowest BCUT2D eigenvalue weighted by Gasteiger charge is -2.15. The monoisotopic (exact) mass is 284 g/mol. The predicted molar refractivity (Wildman–Crippen MR) is 88.9 cm³/mol. The summed E-state index contributed by atoms with van der Waals surface area (Å²) >= 11 is 0. The number of aromatic nitrogens is 2. The van der Waals surface area contributed by atoms with Gasteiger partial charge in [-0.15, -0.1) is 0 Å². The van der Waals surface area contributed by atoms with Crippen LogP contribution in [0.4, 0.5) is 11.6 Å². The van der Waals surface area contributed by atoms with E-state index in [9.17, 15) is 0 Å². The normalized spacial score (nSPS) is 12.0. The van der Waals surface area contributed by atoms with Crippen LogP contribution in [-0.2, 0) is 0 Å². The Morgan fingerprint density at radius 3 is 2.38 bits per heavy atom. The van der Waals surface area contributed by atoms with E-state index in [1.54, 1.807) is 6.33 Å². The Kier molecular flexibility index (Phi) is 5.55. The second-order valence-corrected chi connectivity index (χ2v) is 5.25. The van der Waals surface area contributed by atoms with E-state index in [0.29, 0.717) is 5.92 Å². The minimum Gasteiger partial charge on any atom is -0.370 e. The first-order valence-corrected chi connectivity index (χ1v) is 7.56. The average Bonchev–Trinajstić information content (AvgIpc) is 2.52. The fourth-order valence-corrected chi connectivity index (χ4v) is 2.33. The van der Waals surface area contributed by atoms with Crippen molar-refractivity contribution in [1.82, 2.24) is 9.97 Å². The number of rotatable bonds is 7. The molecular weight excluding hydrogens is 260 g/mol. The van der Waals surface area contributed by atoms with E-state index < -0.39 is 0 Å². The highest BCUT2D eigenvalue weighted by Gasteiger charge is 2.08. The van der Waals surface area contributed by atoms with Crippen molar-refractivity contribution >= 4 is 11.6 Å². The van der Waals surface area contributed by atoms with Crippen molar-refractivity contribution < 1.29 is 0 Å². The zero-order valence-corrected chi connectivity index (χ0v) is 13.1. The quantitative estimate of drug-likeness (QED) is 0.811. The minimum absolute atomic E-state index is 0.536. The molecule has 2 aromatic rings. The van der Waals surface area contributed by atoms with Crippen molar-refractivity contribution in [3.05, 3.63) is 47.8 Å². The molecule has 1 heterocycles. The molecule has 0 radical (unpaired) electrons. The van der Waals surface area contributed by atoms with Crippen LogP contribution in [-0.4, -0.2) is 23.1 Å². The second-order valence-electron chi connectivity index (χ2n) is 5.25. The maximum absolute atomic E-state index is 4.33. The van der Waals surface area contributed by atoms with Gasteiger partial charge in [0.1, 0.15) is 18.0 Å². The van der Waals surface area contributed by atoms with E-state index in [1.807, 2.05) is 6.92 Å². The SMILES string of the molecule is CCNc1ncnc(NCCC(C)c2ccccc2)c1C. The summed E-state index contributed by atoms with van der Waals surface area (Å²) < 4.78 is 0. The largest absolute Gasteiger partial charge is 0.370 e. The van der Waals surface area contributed by atoms with Crippen LogP contribution in [0.2, 0.25) is 0 Å². The standard InChI is InChI=1S/C17H24N4/c1-4-18-16-14(3)17(21-12-20-16)19-11-10-13(2)15-8-6-5-7-9-15/h5-9,12-13H,4,10-11H2,1-3H3,(H2,18,19,20,21). The van der Waals surface area contributed by atoms with Gasteiger partial charge in [-0.05, 0) is 31.7 Å². The molecule has 2 N–H and O–H groups in total. The van der Waals surface area contributed by atoms with Crippen molar-refractivity contribution in [3.63, 3.8) is 0 Å². The smallest absolute Gasteiger partial charge is 0.134 e. The maximum atomic E-state index is 4.33. The Morgan fingerprint density at radius 2 is 1.71 bits per heavy atom. The Bertz CT molecular complexity index is 554. The zero-order chi connectivity index (χ0) is 15.1. The van der Waals surface area contributed by atoms with Gasteiger partial charge in [-0.2, -0.15) is 0 Å². The number of nitrogens with zero attached hydrogens (tertiary/aromatic N) is 2. The van der Waals surface area contributed by atoms with Gasteiger partial charge in [0.25, 0.3) is 0 Å². The molecule has 0 amide bonds. The van der Waals surface area contributed by atoms with Gasteiger partial charge in [0.15, 0.2) is 0 Å². The van der Waals surface area contributed by atoms with E-state index in [4.69, 9.17) is 0 Å². The van der Waals surface area contributed by atoms with Crippen LogP contribution in [0, 0.1) is 6.92 Å². The minimum atomic E-state index is 0.536. The summed E-state index contributed by atoms with van der Waals surface area (Å²) in [6.45, 7) is 8.13. The second kappa shape index (κ2) is 7.62. The first-order chi connectivity index (χ1) is 10.2. The lowest BCUT2D eigenvalue weighted by Crippen LogP contribution is -2.10. The van der Waals surface area contributed by atoms with Gasteiger partial charge in [0, 0.05) is 18.7 Å².